The van der Waals surface area contributed by atoms with Gasteiger partial charge in [0.15, 0.2) is 11.5 Å². The first-order chi connectivity index (χ1) is 18.3. The van der Waals surface area contributed by atoms with Crippen LogP contribution in [-0.4, -0.2) is 46.9 Å². The Labute approximate surface area is 231 Å². The van der Waals surface area contributed by atoms with E-state index >= 15 is 0 Å². The van der Waals surface area contributed by atoms with Crippen molar-refractivity contribution in [3.63, 3.8) is 0 Å². The maximum absolute atomic E-state index is 12.7. The second-order valence-corrected chi connectivity index (χ2v) is 10.4. The fourth-order valence-electron chi connectivity index (χ4n) is 3.94. The van der Waals surface area contributed by atoms with E-state index in [0.717, 1.165) is 12.8 Å². The highest BCUT2D eigenvalue weighted by molar-refractivity contribution is 5.80. The first-order valence-electron chi connectivity index (χ1n) is 13.7. The van der Waals surface area contributed by atoms with Gasteiger partial charge in [-0.25, -0.2) is 4.79 Å². The van der Waals surface area contributed by atoms with Gasteiger partial charge in [-0.05, 0) is 50.8 Å². The number of hydrogen-bond donors (Lipinski definition) is 2. The lowest BCUT2D eigenvalue weighted by Gasteiger charge is -2.28. The lowest BCUT2D eigenvalue weighted by Crippen LogP contribution is -2.52. The Hall–Kier alpha value is -3.14. The number of carbonyl (C=O) groups excluding carboxylic acids is 3. The van der Waals surface area contributed by atoms with Crippen molar-refractivity contribution in [2.45, 2.75) is 111 Å². The molecule has 5 atom stereocenters. The molecule has 3 N–H and O–H groups in total. The van der Waals surface area contributed by atoms with Crippen molar-refractivity contribution < 1.29 is 43.2 Å². The lowest BCUT2D eigenvalue weighted by atomic mass is 9.86. The Morgan fingerprint density at radius 3 is 1.85 bits per heavy atom. The van der Waals surface area contributed by atoms with Gasteiger partial charge >= 0.3 is 24.1 Å². The number of nitrogens with two attached hydrogens (primary N) is 1. The third-order valence-electron chi connectivity index (χ3n) is 6.44. The minimum absolute atomic E-state index is 0.00618. The quantitative estimate of drug-likeness (QED) is 0.201. The van der Waals surface area contributed by atoms with Gasteiger partial charge in [0.25, 0.3) is 0 Å². The topological polar surface area (TPSA) is 151 Å². The van der Waals surface area contributed by atoms with Crippen LogP contribution < -0.4 is 15.2 Å². The number of rotatable bonds is 16. The summed E-state index contributed by atoms with van der Waals surface area (Å²) in [6.45, 7) is 12.5. The molecule has 1 aromatic carbocycles. The van der Waals surface area contributed by atoms with E-state index in [0.29, 0.717) is 24.8 Å². The van der Waals surface area contributed by atoms with Crippen LogP contribution in [0.3, 0.4) is 0 Å². The summed E-state index contributed by atoms with van der Waals surface area (Å²) in [5.74, 6) is -2.92. The second kappa shape index (κ2) is 16.1. The van der Waals surface area contributed by atoms with Gasteiger partial charge in [-0.1, -0.05) is 53.5 Å². The van der Waals surface area contributed by atoms with Crippen molar-refractivity contribution in [2.75, 3.05) is 0 Å². The van der Waals surface area contributed by atoms with Crippen molar-refractivity contribution >= 4 is 24.1 Å². The van der Waals surface area contributed by atoms with Crippen molar-refractivity contribution in [3.8, 4) is 11.5 Å². The highest BCUT2D eigenvalue weighted by Crippen LogP contribution is 2.32. The molecule has 1 rings (SSSR count). The summed E-state index contributed by atoms with van der Waals surface area (Å²) in [5, 5.41) is 9.94. The largest absolute Gasteiger partial charge is 0.508 e. The van der Waals surface area contributed by atoms with E-state index in [1.54, 1.807) is 26.8 Å². The molecule has 0 heterocycles. The van der Waals surface area contributed by atoms with E-state index in [2.05, 4.69) is 0 Å². The standard InChI is InChI=1S/C29H45NO9/c1-8-11-18(4)25(31)38-23-14-13-22(15-24(23)39-26(32)19(5)12-9-2)17-29(30,27(33)34)16-21(7)37-28(35)36-20(6)10-3/h13-15,18-21H,8-12,16-17,30H2,1-7H3,(H,33,34)/t18?,19?,20?,21-,29?/m0/s1. The van der Waals surface area contributed by atoms with Crippen LogP contribution in [0.25, 0.3) is 0 Å². The van der Waals surface area contributed by atoms with Crippen molar-refractivity contribution in [2.24, 2.45) is 17.6 Å². The highest BCUT2D eigenvalue weighted by atomic mass is 16.7. The molecule has 10 heteroatoms. The van der Waals surface area contributed by atoms with Crippen molar-refractivity contribution in [1.82, 2.24) is 0 Å². The molecule has 39 heavy (non-hydrogen) atoms. The average Bonchev–Trinajstić information content (AvgIpc) is 2.85. The number of carboxylic acid groups (broad SMARTS) is 1. The van der Waals surface area contributed by atoms with E-state index in [4.69, 9.17) is 24.7 Å². The minimum atomic E-state index is -1.82. The fraction of sp³-hybridized carbons (Fsp3) is 0.655. The normalized spacial score (nSPS) is 15.7. The second-order valence-electron chi connectivity index (χ2n) is 10.4. The molecule has 0 aromatic heterocycles. The predicted molar refractivity (Wildman–Crippen MR) is 146 cm³/mol. The van der Waals surface area contributed by atoms with Crippen molar-refractivity contribution in [3.05, 3.63) is 23.8 Å². The van der Waals surface area contributed by atoms with Gasteiger partial charge in [-0.3, -0.25) is 14.4 Å². The van der Waals surface area contributed by atoms with Crippen LogP contribution >= 0.6 is 0 Å². The van der Waals surface area contributed by atoms with Crippen LogP contribution in [-0.2, 0) is 30.3 Å². The fourth-order valence-corrected chi connectivity index (χ4v) is 3.94. The average molecular weight is 552 g/mol. The molecule has 10 nitrogen and oxygen atoms in total. The minimum Gasteiger partial charge on any atom is -0.480 e. The molecule has 0 aliphatic carbocycles. The molecule has 0 amide bonds. The molecule has 0 bridgehead atoms. The number of benzene rings is 1. The number of esters is 2. The molecule has 0 saturated heterocycles. The van der Waals surface area contributed by atoms with Crippen LogP contribution in [0.2, 0.25) is 0 Å². The zero-order valence-electron chi connectivity index (χ0n) is 24.3. The molecule has 1 aromatic rings. The van der Waals surface area contributed by atoms with Crippen molar-refractivity contribution in [1.29, 1.82) is 0 Å². The smallest absolute Gasteiger partial charge is 0.480 e. The molecule has 220 valence electrons. The lowest BCUT2D eigenvalue weighted by molar-refractivity contribution is -0.145. The molecule has 0 saturated carbocycles. The molecule has 4 unspecified atom stereocenters. The summed E-state index contributed by atoms with van der Waals surface area (Å²) in [6, 6.07) is 4.48. The Bertz CT molecular complexity index is 980. The SMILES string of the molecule is CCCC(C)C(=O)Oc1ccc(CC(N)(C[C@H](C)OC(=O)OC(C)CC)C(=O)O)cc1OC(=O)C(C)CCC. The van der Waals surface area contributed by atoms with Gasteiger partial charge in [0, 0.05) is 12.8 Å². The third-order valence-corrected chi connectivity index (χ3v) is 6.44. The third kappa shape index (κ3) is 11.2. The van der Waals surface area contributed by atoms with Crippen LogP contribution in [0, 0.1) is 11.8 Å². The molecule has 0 radical (unpaired) electrons. The van der Waals surface area contributed by atoms with Crippen LogP contribution in [0.1, 0.15) is 92.6 Å². The number of hydrogen-bond acceptors (Lipinski definition) is 9. The summed E-state index contributed by atoms with van der Waals surface area (Å²) >= 11 is 0. The summed E-state index contributed by atoms with van der Waals surface area (Å²) in [7, 11) is 0. The van der Waals surface area contributed by atoms with Gasteiger partial charge in [0.05, 0.1) is 11.8 Å². The first-order valence-corrected chi connectivity index (χ1v) is 13.7. The Balaban J connectivity index is 3.22. The number of carboxylic acids is 1. The van der Waals surface area contributed by atoms with E-state index in [1.165, 1.54) is 19.1 Å². The van der Waals surface area contributed by atoms with Gasteiger partial charge < -0.3 is 29.8 Å². The first kappa shape index (κ1) is 33.9. The Morgan fingerprint density at radius 1 is 0.846 bits per heavy atom. The van der Waals surface area contributed by atoms with E-state index in [1.807, 2.05) is 20.8 Å². The molecule has 0 aliphatic rings. The van der Waals surface area contributed by atoms with Crippen LogP contribution in [0.4, 0.5) is 4.79 Å². The molecular formula is C29H45NO9. The summed E-state index contributed by atoms with van der Waals surface area (Å²) in [5.41, 5.74) is 4.90. The number of carbonyl (C=O) groups is 4. The Morgan fingerprint density at radius 2 is 1.36 bits per heavy atom. The molecule has 0 spiro atoms. The zero-order chi connectivity index (χ0) is 29.8. The maximum atomic E-state index is 12.7. The number of aliphatic carboxylic acids is 1. The number of ether oxygens (including phenoxy) is 4. The molecule has 0 fully saturated rings. The monoisotopic (exact) mass is 551 g/mol. The Kier molecular flexibility index (Phi) is 14.0. The molecular weight excluding hydrogens is 506 g/mol. The summed E-state index contributed by atoms with van der Waals surface area (Å²) in [4.78, 5) is 49.4. The van der Waals surface area contributed by atoms with E-state index in [9.17, 15) is 24.3 Å². The summed E-state index contributed by atoms with van der Waals surface area (Å²) < 4.78 is 21.5. The molecule has 0 aliphatic heterocycles. The van der Waals surface area contributed by atoms with E-state index in [-0.39, 0.29) is 42.3 Å². The van der Waals surface area contributed by atoms with Gasteiger partial charge in [0.1, 0.15) is 17.7 Å². The van der Waals surface area contributed by atoms with Gasteiger partial charge in [-0.15, -0.1) is 0 Å². The van der Waals surface area contributed by atoms with Gasteiger partial charge in [-0.2, -0.15) is 0 Å². The maximum Gasteiger partial charge on any atom is 0.508 e. The van der Waals surface area contributed by atoms with Gasteiger partial charge in [0.2, 0.25) is 0 Å². The van der Waals surface area contributed by atoms with Crippen LogP contribution in [0.15, 0.2) is 18.2 Å². The summed E-state index contributed by atoms with van der Waals surface area (Å²) in [6.07, 6.45) is 0.972. The predicted octanol–water partition coefficient (Wildman–Crippen LogP) is 5.42. The highest BCUT2D eigenvalue weighted by Gasteiger charge is 2.37. The van der Waals surface area contributed by atoms with Crippen LogP contribution in [0.5, 0.6) is 11.5 Å². The zero-order valence-corrected chi connectivity index (χ0v) is 24.3. The van der Waals surface area contributed by atoms with E-state index < -0.39 is 35.7 Å².